The van der Waals surface area contributed by atoms with E-state index in [-0.39, 0.29) is 0 Å². The summed E-state index contributed by atoms with van der Waals surface area (Å²) in [4.78, 5) is 4.91. The highest BCUT2D eigenvalue weighted by molar-refractivity contribution is 6.32. The molecule has 2 rings (SSSR count). The molecule has 1 aliphatic rings. The smallest absolute Gasteiger partial charge is 0.160 e. The number of rotatable bonds is 7. The molecule has 22 heavy (non-hydrogen) atoms. The summed E-state index contributed by atoms with van der Waals surface area (Å²) in [5.74, 6) is 0.801. The zero-order valence-electron chi connectivity index (χ0n) is 13.8. The van der Waals surface area contributed by atoms with E-state index in [4.69, 9.17) is 22.1 Å². The second-order valence-electron chi connectivity index (χ2n) is 5.81. The standard InChI is InChI=1S/C17H28ClN3O/c1-3-14-12-15(18)17(22-2)16(13-14)21-10-8-20(9-11-21)7-5-4-6-19/h12-13H,3-11,19H2,1-2H3. The molecule has 0 aliphatic carbocycles. The number of aryl methyl sites for hydroxylation is 1. The van der Waals surface area contributed by atoms with Crippen molar-refractivity contribution in [2.24, 2.45) is 5.73 Å². The Kier molecular flexibility index (Phi) is 6.80. The maximum atomic E-state index is 6.37. The van der Waals surface area contributed by atoms with Gasteiger partial charge in [0.25, 0.3) is 0 Å². The third kappa shape index (κ3) is 4.28. The molecule has 0 radical (unpaired) electrons. The highest BCUT2D eigenvalue weighted by Gasteiger charge is 2.21. The molecule has 1 aliphatic heterocycles. The van der Waals surface area contributed by atoms with E-state index in [2.05, 4.69) is 22.8 Å². The second-order valence-corrected chi connectivity index (χ2v) is 6.22. The SMILES string of the molecule is CCc1cc(Cl)c(OC)c(N2CCN(CCCCN)CC2)c1. The van der Waals surface area contributed by atoms with Crippen molar-refractivity contribution < 1.29 is 4.74 Å². The number of hydrogen-bond donors (Lipinski definition) is 1. The predicted octanol–water partition coefficient (Wildman–Crippen LogP) is 2.77. The Morgan fingerprint density at radius 3 is 2.50 bits per heavy atom. The van der Waals surface area contributed by atoms with Crippen LogP contribution in [0.3, 0.4) is 0 Å². The van der Waals surface area contributed by atoms with E-state index in [0.29, 0.717) is 5.02 Å². The van der Waals surface area contributed by atoms with Gasteiger partial charge in [-0.1, -0.05) is 18.5 Å². The van der Waals surface area contributed by atoms with Crippen LogP contribution in [0.2, 0.25) is 5.02 Å². The third-order valence-corrected chi connectivity index (χ3v) is 4.62. The van der Waals surface area contributed by atoms with Gasteiger partial charge in [0.1, 0.15) is 0 Å². The zero-order chi connectivity index (χ0) is 15.9. The number of piperazine rings is 1. The van der Waals surface area contributed by atoms with Gasteiger partial charge in [0, 0.05) is 26.2 Å². The molecule has 0 spiro atoms. The van der Waals surface area contributed by atoms with Gasteiger partial charge in [-0.3, -0.25) is 4.90 Å². The molecule has 4 nitrogen and oxygen atoms in total. The molecule has 0 unspecified atom stereocenters. The largest absolute Gasteiger partial charge is 0.493 e. The quantitative estimate of drug-likeness (QED) is 0.783. The van der Waals surface area contributed by atoms with Gasteiger partial charge in [-0.2, -0.15) is 0 Å². The highest BCUT2D eigenvalue weighted by atomic mass is 35.5. The van der Waals surface area contributed by atoms with Gasteiger partial charge in [0.15, 0.2) is 5.75 Å². The molecule has 0 bridgehead atoms. The Morgan fingerprint density at radius 2 is 1.91 bits per heavy atom. The van der Waals surface area contributed by atoms with Gasteiger partial charge in [-0.25, -0.2) is 0 Å². The lowest BCUT2D eigenvalue weighted by molar-refractivity contribution is 0.252. The van der Waals surface area contributed by atoms with Gasteiger partial charge >= 0.3 is 0 Å². The summed E-state index contributed by atoms with van der Waals surface area (Å²) in [5, 5.41) is 0.710. The van der Waals surface area contributed by atoms with E-state index in [1.54, 1.807) is 7.11 Å². The summed E-state index contributed by atoms with van der Waals surface area (Å²) >= 11 is 6.37. The average molecular weight is 326 g/mol. The maximum Gasteiger partial charge on any atom is 0.160 e. The summed E-state index contributed by atoms with van der Waals surface area (Å²) in [6, 6.07) is 4.22. The van der Waals surface area contributed by atoms with Crippen LogP contribution in [0.5, 0.6) is 5.75 Å². The van der Waals surface area contributed by atoms with Crippen LogP contribution >= 0.6 is 11.6 Å². The normalized spacial score (nSPS) is 16.1. The number of methoxy groups -OCH3 is 1. The topological polar surface area (TPSA) is 41.7 Å². The number of benzene rings is 1. The molecule has 0 aromatic heterocycles. The van der Waals surface area contributed by atoms with Crippen molar-refractivity contribution in [2.75, 3.05) is 51.3 Å². The van der Waals surface area contributed by atoms with Gasteiger partial charge in [-0.05, 0) is 50.0 Å². The first-order valence-electron chi connectivity index (χ1n) is 8.23. The Hall–Kier alpha value is -0.970. The van der Waals surface area contributed by atoms with Gasteiger partial charge in [0.2, 0.25) is 0 Å². The van der Waals surface area contributed by atoms with Crippen LogP contribution in [-0.2, 0) is 6.42 Å². The molecule has 1 heterocycles. The molecule has 1 aromatic rings. The number of halogens is 1. The van der Waals surface area contributed by atoms with Gasteiger partial charge < -0.3 is 15.4 Å². The summed E-state index contributed by atoms with van der Waals surface area (Å²) in [5.41, 5.74) is 7.95. The van der Waals surface area contributed by atoms with Crippen molar-refractivity contribution in [3.8, 4) is 5.75 Å². The summed E-state index contributed by atoms with van der Waals surface area (Å²) in [6.07, 6.45) is 3.29. The molecule has 1 aromatic carbocycles. The minimum Gasteiger partial charge on any atom is -0.493 e. The molecule has 124 valence electrons. The van der Waals surface area contributed by atoms with Crippen LogP contribution in [0, 0.1) is 0 Å². The van der Waals surface area contributed by atoms with Crippen molar-refractivity contribution in [1.82, 2.24) is 4.90 Å². The van der Waals surface area contributed by atoms with Crippen molar-refractivity contribution in [3.63, 3.8) is 0 Å². The lowest BCUT2D eigenvalue weighted by atomic mass is 10.1. The first kappa shape index (κ1) is 17.4. The summed E-state index contributed by atoms with van der Waals surface area (Å²) < 4.78 is 5.53. The number of ether oxygens (including phenoxy) is 1. The van der Waals surface area contributed by atoms with E-state index < -0.39 is 0 Å². The predicted molar refractivity (Wildman–Crippen MR) is 94.3 cm³/mol. The van der Waals surface area contributed by atoms with E-state index in [1.807, 2.05) is 6.07 Å². The van der Waals surface area contributed by atoms with Gasteiger partial charge in [-0.15, -0.1) is 0 Å². The lowest BCUT2D eigenvalue weighted by Gasteiger charge is -2.37. The van der Waals surface area contributed by atoms with E-state index in [1.165, 1.54) is 12.0 Å². The van der Waals surface area contributed by atoms with Crippen LogP contribution in [0.1, 0.15) is 25.3 Å². The number of nitrogens with two attached hydrogens (primary N) is 1. The van der Waals surface area contributed by atoms with Gasteiger partial charge in [0.05, 0.1) is 17.8 Å². The first-order chi connectivity index (χ1) is 10.7. The number of nitrogens with zero attached hydrogens (tertiary/aromatic N) is 2. The molecule has 0 amide bonds. The zero-order valence-corrected chi connectivity index (χ0v) is 14.5. The van der Waals surface area contributed by atoms with Crippen LogP contribution in [0.25, 0.3) is 0 Å². The Labute approximate surface area is 139 Å². The fourth-order valence-corrected chi connectivity index (χ4v) is 3.28. The molecule has 5 heteroatoms. The van der Waals surface area contributed by atoms with Crippen molar-refractivity contribution in [3.05, 3.63) is 22.7 Å². The Bertz CT molecular complexity index is 473. The number of unbranched alkanes of at least 4 members (excludes halogenated alkanes) is 1. The Balaban J connectivity index is 2.02. The Morgan fingerprint density at radius 1 is 1.18 bits per heavy atom. The van der Waals surface area contributed by atoms with E-state index in [0.717, 1.165) is 63.5 Å². The van der Waals surface area contributed by atoms with Crippen LogP contribution in [0.15, 0.2) is 12.1 Å². The monoisotopic (exact) mass is 325 g/mol. The fraction of sp³-hybridized carbons (Fsp3) is 0.647. The minimum absolute atomic E-state index is 0.710. The summed E-state index contributed by atoms with van der Waals surface area (Å²) in [7, 11) is 1.69. The van der Waals surface area contributed by atoms with Crippen molar-refractivity contribution in [2.45, 2.75) is 26.2 Å². The molecule has 1 fully saturated rings. The fourth-order valence-electron chi connectivity index (χ4n) is 2.97. The summed E-state index contributed by atoms with van der Waals surface area (Å²) in [6.45, 7) is 8.29. The van der Waals surface area contributed by atoms with Crippen LogP contribution in [0.4, 0.5) is 5.69 Å². The molecule has 0 atom stereocenters. The highest BCUT2D eigenvalue weighted by Crippen LogP contribution is 2.37. The van der Waals surface area contributed by atoms with E-state index >= 15 is 0 Å². The van der Waals surface area contributed by atoms with Crippen LogP contribution in [-0.4, -0.2) is 51.3 Å². The molecular formula is C17H28ClN3O. The number of anilines is 1. The lowest BCUT2D eigenvalue weighted by Crippen LogP contribution is -2.46. The maximum absolute atomic E-state index is 6.37. The van der Waals surface area contributed by atoms with Crippen molar-refractivity contribution in [1.29, 1.82) is 0 Å². The average Bonchev–Trinajstić information content (AvgIpc) is 2.55. The number of hydrogen-bond acceptors (Lipinski definition) is 4. The van der Waals surface area contributed by atoms with Crippen molar-refractivity contribution >= 4 is 17.3 Å². The molecular weight excluding hydrogens is 298 g/mol. The van der Waals surface area contributed by atoms with E-state index in [9.17, 15) is 0 Å². The third-order valence-electron chi connectivity index (χ3n) is 4.34. The molecule has 0 saturated carbocycles. The molecule has 2 N–H and O–H groups in total. The van der Waals surface area contributed by atoms with Crippen LogP contribution < -0.4 is 15.4 Å². The minimum atomic E-state index is 0.710. The molecule has 1 saturated heterocycles. The first-order valence-corrected chi connectivity index (χ1v) is 8.61. The second kappa shape index (κ2) is 8.61.